The molecular formula is C29H22ClN5O2. The maximum atomic E-state index is 13.0. The minimum Gasteiger partial charge on any atom is -0.457 e. The molecule has 2 aromatic heterocycles. The van der Waals surface area contributed by atoms with E-state index in [1.807, 2.05) is 79.7 Å². The van der Waals surface area contributed by atoms with Crippen molar-refractivity contribution >= 4 is 34.4 Å². The van der Waals surface area contributed by atoms with E-state index in [-0.39, 0.29) is 5.91 Å². The quantitative estimate of drug-likeness (QED) is 0.258. The average Bonchev–Trinajstić information content (AvgIpc) is 3.26. The predicted octanol–water partition coefficient (Wildman–Crippen LogP) is 6.63. The standard InChI is InChI=1S/C29H22ClN5O2/c1-19-26(29(36)32-16-20-6-5-7-22(30)14-20)18-35-28(19)27(21(15-31)17-33-35)34-23-10-12-25(13-11-23)37-24-8-3-2-4-9-24/h2-14,17-18,34H,16H2,1H3,(H,32,36). The summed E-state index contributed by atoms with van der Waals surface area (Å²) in [6.07, 6.45) is 3.15. The van der Waals surface area contributed by atoms with Gasteiger partial charge in [0.25, 0.3) is 5.91 Å². The highest BCUT2D eigenvalue weighted by Gasteiger charge is 2.19. The second-order valence-electron chi connectivity index (χ2n) is 8.38. The van der Waals surface area contributed by atoms with E-state index in [1.165, 1.54) is 6.20 Å². The zero-order chi connectivity index (χ0) is 25.8. The van der Waals surface area contributed by atoms with Gasteiger partial charge in [0.1, 0.15) is 17.6 Å². The SMILES string of the molecule is Cc1c(C(=O)NCc2cccc(Cl)c2)cn2ncc(C#N)c(Nc3ccc(Oc4ccccc4)cc3)c12. The van der Waals surface area contributed by atoms with Crippen LogP contribution < -0.4 is 15.4 Å². The highest BCUT2D eigenvalue weighted by Crippen LogP contribution is 2.31. The molecule has 0 atom stereocenters. The zero-order valence-corrected chi connectivity index (χ0v) is 20.7. The van der Waals surface area contributed by atoms with Gasteiger partial charge in [-0.05, 0) is 66.6 Å². The lowest BCUT2D eigenvalue weighted by Crippen LogP contribution is -2.23. The number of anilines is 2. The number of benzene rings is 3. The van der Waals surface area contributed by atoms with Gasteiger partial charge in [-0.1, -0.05) is 41.9 Å². The number of halogens is 1. The lowest BCUT2D eigenvalue weighted by molar-refractivity contribution is 0.0950. The zero-order valence-electron chi connectivity index (χ0n) is 19.9. The van der Waals surface area contributed by atoms with Crippen molar-refractivity contribution in [1.29, 1.82) is 5.26 Å². The van der Waals surface area contributed by atoms with E-state index < -0.39 is 0 Å². The van der Waals surface area contributed by atoms with Crippen molar-refractivity contribution in [3.05, 3.63) is 119 Å². The lowest BCUT2D eigenvalue weighted by Gasteiger charge is -2.12. The number of amides is 1. The fraction of sp³-hybridized carbons (Fsp3) is 0.0690. The Morgan fingerprint density at radius 2 is 1.81 bits per heavy atom. The molecular weight excluding hydrogens is 486 g/mol. The molecule has 0 spiro atoms. The van der Waals surface area contributed by atoms with Crippen LogP contribution in [0.1, 0.15) is 27.0 Å². The number of carbonyl (C=O) groups is 1. The molecule has 0 aliphatic rings. The molecule has 1 amide bonds. The normalized spacial score (nSPS) is 10.6. The molecule has 0 aliphatic carbocycles. The average molecular weight is 508 g/mol. The van der Waals surface area contributed by atoms with Crippen molar-refractivity contribution < 1.29 is 9.53 Å². The summed E-state index contributed by atoms with van der Waals surface area (Å²) >= 11 is 6.05. The molecule has 2 heterocycles. The number of hydrogen-bond donors (Lipinski definition) is 2. The number of aromatic nitrogens is 2. The van der Waals surface area contributed by atoms with Crippen LogP contribution in [0.15, 0.2) is 91.3 Å². The van der Waals surface area contributed by atoms with Crippen LogP contribution in [0.25, 0.3) is 5.52 Å². The van der Waals surface area contributed by atoms with Crippen LogP contribution in [0.2, 0.25) is 5.02 Å². The number of nitrogens with one attached hydrogen (secondary N) is 2. The number of hydrogen-bond acceptors (Lipinski definition) is 5. The van der Waals surface area contributed by atoms with Crippen LogP contribution in [-0.2, 0) is 6.54 Å². The third kappa shape index (κ3) is 5.25. The molecule has 0 saturated carbocycles. The predicted molar refractivity (Wildman–Crippen MR) is 144 cm³/mol. The fourth-order valence-electron chi connectivity index (χ4n) is 4.03. The summed E-state index contributed by atoms with van der Waals surface area (Å²) in [7, 11) is 0. The molecule has 5 aromatic rings. The van der Waals surface area contributed by atoms with E-state index in [9.17, 15) is 10.1 Å². The van der Waals surface area contributed by atoms with Gasteiger partial charge < -0.3 is 15.4 Å². The van der Waals surface area contributed by atoms with Crippen LogP contribution >= 0.6 is 11.6 Å². The number of para-hydroxylation sites is 1. The van der Waals surface area contributed by atoms with Crippen LogP contribution in [0, 0.1) is 18.3 Å². The van der Waals surface area contributed by atoms with E-state index in [1.54, 1.807) is 16.8 Å². The Labute approximate surface area is 218 Å². The molecule has 0 bridgehead atoms. The number of rotatable bonds is 7. The summed E-state index contributed by atoms with van der Waals surface area (Å²) in [5.74, 6) is 1.19. The Balaban J connectivity index is 1.40. The monoisotopic (exact) mass is 507 g/mol. The van der Waals surface area contributed by atoms with E-state index in [4.69, 9.17) is 16.3 Å². The summed E-state index contributed by atoms with van der Waals surface area (Å²) in [6, 6.07) is 26.5. The first-order valence-electron chi connectivity index (χ1n) is 11.6. The summed E-state index contributed by atoms with van der Waals surface area (Å²) < 4.78 is 7.47. The minimum atomic E-state index is -0.241. The number of carbonyl (C=O) groups excluding carboxylic acids is 1. The maximum absolute atomic E-state index is 13.0. The summed E-state index contributed by atoms with van der Waals surface area (Å²) in [5.41, 5.74) is 4.42. The van der Waals surface area contributed by atoms with Gasteiger partial charge in [-0.25, -0.2) is 4.52 Å². The number of fused-ring (bicyclic) bond motifs is 1. The largest absolute Gasteiger partial charge is 0.457 e. The van der Waals surface area contributed by atoms with Crippen LogP contribution in [0.5, 0.6) is 11.5 Å². The Morgan fingerprint density at radius 3 is 2.54 bits per heavy atom. The van der Waals surface area contributed by atoms with Gasteiger partial charge in [-0.3, -0.25) is 4.79 Å². The van der Waals surface area contributed by atoms with Gasteiger partial charge in [0.2, 0.25) is 0 Å². The van der Waals surface area contributed by atoms with Crippen LogP contribution in [0.3, 0.4) is 0 Å². The fourth-order valence-corrected chi connectivity index (χ4v) is 4.24. The van der Waals surface area contributed by atoms with Gasteiger partial charge in [0, 0.05) is 23.5 Å². The molecule has 0 aliphatic heterocycles. The Kier molecular flexibility index (Phi) is 6.75. The summed E-state index contributed by atoms with van der Waals surface area (Å²) in [6.45, 7) is 2.18. The topological polar surface area (TPSA) is 91.5 Å². The first kappa shape index (κ1) is 23.9. The minimum absolute atomic E-state index is 0.241. The molecule has 182 valence electrons. The summed E-state index contributed by atoms with van der Waals surface area (Å²) in [5, 5.41) is 21.0. The van der Waals surface area contributed by atoms with Crippen molar-refractivity contribution in [1.82, 2.24) is 14.9 Å². The number of nitriles is 1. The Bertz CT molecular complexity index is 1620. The number of ether oxygens (including phenoxy) is 1. The third-order valence-corrected chi connectivity index (χ3v) is 6.10. The maximum Gasteiger partial charge on any atom is 0.253 e. The second kappa shape index (κ2) is 10.4. The molecule has 0 fully saturated rings. The highest BCUT2D eigenvalue weighted by atomic mass is 35.5. The second-order valence-corrected chi connectivity index (χ2v) is 8.82. The van der Waals surface area contributed by atoms with Crippen molar-refractivity contribution in [3.8, 4) is 17.6 Å². The van der Waals surface area contributed by atoms with Gasteiger partial charge >= 0.3 is 0 Å². The first-order chi connectivity index (χ1) is 18.0. The molecule has 3 aromatic carbocycles. The number of aryl methyl sites for hydroxylation is 1. The van der Waals surface area contributed by atoms with Crippen molar-refractivity contribution in [2.45, 2.75) is 13.5 Å². The van der Waals surface area contributed by atoms with Crippen LogP contribution in [-0.4, -0.2) is 15.5 Å². The molecule has 2 N–H and O–H groups in total. The van der Waals surface area contributed by atoms with Gasteiger partial charge in [-0.2, -0.15) is 10.4 Å². The molecule has 37 heavy (non-hydrogen) atoms. The van der Waals surface area contributed by atoms with Crippen LogP contribution in [0.4, 0.5) is 11.4 Å². The van der Waals surface area contributed by atoms with E-state index >= 15 is 0 Å². The Morgan fingerprint density at radius 1 is 1.05 bits per heavy atom. The molecule has 5 rings (SSSR count). The summed E-state index contributed by atoms with van der Waals surface area (Å²) in [4.78, 5) is 13.0. The van der Waals surface area contributed by atoms with Crippen molar-refractivity contribution in [2.24, 2.45) is 0 Å². The smallest absolute Gasteiger partial charge is 0.253 e. The van der Waals surface area contributed by atoms with Gasteiger partial charge in [-0.15, -0.1) is 0 Å². The van der Waals surface area contributed by atoms with E-state index in [0.29, 0.717) is 45.2 Å². The van der Waals surface area contributed by atoms with Gasteiger partial charge in [0.05, 0.1) is 28.5 Å². The van der Waals surface area contributed by atoms with Gasteiger partial charge in [0.15, 0.2) is 0 Å². The highest BCUT2D eigenvalue weighted by molar-refractivity contribution is 6.30. The molecule has 0 saturated heterocycles. The molecule has 8 heteroatoms. The molecule has 0 radical (unpaired) electrons. The lowest BCUT2D eigenvalue weighted by atomic mass is 10.1. The number of nitrogens with zero attached hydrogens (tertiary/aromatic N) is 3. The van der Waals surface area contributed by atoms with Crippen molar-refractivity contribution in [2.75, 3.05) is 5.32 Å². The van der Waals surface area contributed by atoms with Crippen molar-refractivity contribution in [3.63, 3.8) is 0 Å². The Hall–Kier alpha value is -4.80. The molecule has 7 nitrogen and oxygen atoms in total. The molecule has 0 unspecified atom stereocenters. The first-order valence-corrected chi connectivity index (χ1v) is 11.9. The van der Waals surface area contributed by atoms with E-state index in [2.05, 4.69) is 21.8 Å². The third-order valence-electron chi connectivity index (χ3n) is 5.87. The van der Waals surface area contributed by atoms with E-state index in [0.717, 1.165) is 17.0 Å².